The summed E-state index contributed by atoms with van der Waals surface area (Å²) in [5.41, 5.74) is 4.73. The van der Waals surface area contributed by atoms with Crippen LogP contribution in [0, 0.1) is 12.0 Å². The maximum atomic E-state index is 4.02. The minimum Gasteiger partial charge on any atom is -0.355 e. The van der Waals surface area contributed by atoms with Crippen LogP contribution in [0.4, 0.5) is 5.69 Å². The van der Waals surface area contributed by atoms with Gasteiger partial charge in [-0.3, -0.25) is 0 Å². The number of benzene rings is 1. The van der Waals surface area contributed by atoms with Crippen LogP contribution in [0.25, 0.3) is 0 Å². The summed E-state index contributed by atoms with van der Waals surface area (Å²) in [5.74, 6) is 1.05. The van der Waals surface area contributed by atoms with Crippen LogP contribution in [0.3, 0.4) is 0 Å². The molecule has 2 rings (SSSR count). The van der Waals surface area contributed by atoms with E-state index in [0.717, 1.165) is 0 Å². The van der Waals surface area contributed by atoms with Crippen LogP contribution in [0.5, 0.6) is 0 Å². The lowest BCUT2D eigenvalue weighted by Crippen LogP contribution is -2.37. The second-order valence-corrected chi connectivity index (χ2v) is 9.27. The molecule has 1 saturated heterocycles. The third-order valence-electron chi connectivity index (χ3n) is 5.98. The maximum Gasteiger partial charge on any atom is 0.0985 e. The number of nitrogens with zero attached hydrogens (tertiary/aromatic N) is 1. The van der Waals surface area contributed by atoms with Crippen LogP contribution in [0.2, 0.25) is 0 Å². The molecule has 0 saturated carbocycles. The molecule has 1 heterocycles. The predicted octanol–water partition coefficient (Wildman–Crippen LogP) is 7.55. The fourth-order valence-corrected chi connectivity index (χ4v) is 4.50. The van der Waals surface area contributed by atoms with Gasteiger partial charge in [-0.25, -0.2) is 0 Å². The Balaban J connectivity index is 2.53. The number of hydrogen-bond donors (Lipinski definition) is 0. The first-order valence-corrected chi connectivity index (χ1v) is 10.4. The number of rotatable bonds is 7. The Bertz CT molecular complexity index is 543. The van der Waals surface area contributed by atoms with Gasteiger partial charge in [0.05, 0.1) is 6.54 Å². The molecule has 1 aliphatic heterocycles. The summed E-state index contributed by atoms with van der Waals surface area (Å²) in [6.45, 7) is 22.7. The van der Waals surface area contributed by atoms with Crippen LogP contribution >= 0.6 is 0 Å². The third kappa shape index (κ3) is 4.07. The van der Waals surface area contributed by atoms with Gasteiger partial charge in [0.25, 0.3) is 0 Å². The van der Waals surface area contributed by atoms with Gasteiger partial charge in [0.15, 0.2) is 0 Å². The van der Waals surface area contributed by atoms with Crippen molar-refractivity contribution in [3.63, 3.8) is 0 Å². The van der Waals surface area contributed by atoms with E-state index >= 15 is 0 Å². The normalized spacial score (nSPS) is 23.0. The third-order valence-corrected chi connectivity index (χ3v) is 5.98. The minimum absolute atomic E-state index is 0.123. The molecule has 1 unspecified atom stereocenters. The molecular weight excluding hydrogens is 302 g/mol. The molecule has 1 atom stereocenters. The molecule has 140 valence electrons. The summed E-state index contributed by atoms with van der Waals surface area (Å²) < 4.78 is 0. The first-order valence-electron chi connectivity index (χ1n) is 10.4. The lowest BCUT2D eigenvalue weighted by Gasteiger charge is -2.37. The van der Waals surface area contributed by atoms with Gasteiger partial charge < -0.3 is 4.90 Å². The van der Waals surface area contributed by atoms with Gasteiger partial charge in [0.2, 0.25) is 0 Å². The molecule has 1 aromatic carbocycles. The monoisotopic (exact) mass is 341 g/mol. The van der Waals surface area contributed by atoms with Gasteiger partial charge >= 0.3 is 0 Å². The van der Waals surface area contributed by atoms with Gasteiger partial charge in [-0.15, -0.1) is 0 Å². The van der Waals surface area contributed by atoms with Gasteiger partial charge in [0, 0.05) is 16.6 Å². The van der Waals surface area contributed by atoms with Crippen molar-refractivity contribution in [3.05, 3.63) is 35.9 Å². The number of hydrogen-bond acceptors (Lipinski definition) is 1. The Hall–Kier alpha value is -0.980. The Kier molecular flexibility index (Phi) is 6.28. The van der Waals surface area contributed by atoms with Crippen molar-refractivity contribution < 1.29 is 0 Å². The zero-order valence-corrected chi connectivity index (χ0v) is 17.9. The largest absolute Gasteiger partial charge is 0.355 e. The van der Waals surface area contributed by atoms with Gasteiger partial charge in [0.1, 0.15) is 0 Å². The summed E-state index contributed by atoms with van der Waals surface area (Å²) in [6.07, 6.45) is 6.23. The van der Waals surface area contributed by atoms with Crippen molar-refractivity contribution in [2.24, 2.45) is 5.41 Å². The average Bonchev–Trinajstić information content (AvgIpc) is 2.83. The standard InChI is InChI=1S/C24H39N/c1-9-11-15-24(10-2)16-23(7,8)25(17-24)22-20(18(3)4)13-12-14-21(22)19(5)6/h12-14,18-19H,9-11,15-16H2,1-8H3. The van der Waals surface area contributed by atoms with Crippen LogP contribution in [0.1, 0.15) is 110 Å². The molecule has 1 heteroatoms. The molecule has 0 aliphatic carbocycles. The maximum absolute atomic E-state index is 4.02. The minimum atomic E-state index is 0.123. The second kappa shape index (κ2) is 7.72. The van der Waals surface area contributed by atoms with E-state index in [4.69, 9.17) is 0 Å². The molecule has 0 amide bonds. The first kappa shape index (κ1) is 20.3. The fraction of sp³-hybridized carbons (Fsp3) is 0.708. The second-order valence-electron chi connectivity index (χ2n) is 9.27. The quantitative estimate of drug-likeness (QED) is 0.495. The lowest BCUT2D eigenvalue weighted by atomic mass is 9.76. The Morgan fingerprint density at radius 3 is 2.04 bits per heavy atom. The molecule has 1 aromatic rings. The van der Waals surface area contributed by atoms with Crippen LogP contribution in [-0.2, 0) is 0 Å². The van der Waals surface area contributed by atoms with Gasteiger partial charge in [-0.1, -0.05) is 72.6 Å². The van der Waals surface area contributed by atoms with Crippen molar-refractivity contribution in [2.45, 2.75) is 105 Å². The number of unbranched alkanes of at least 4 members (excludes halogenated alkanes) is 1. The smallest absolute Gasteiger partial charge is 0.0985 e. The van der Waals surface area contributed by atoms with Crippen molar-refractivity contribution >= 4 is 5.69 Å². The van der Waals surface area contributed by atoms with Gasteiger partial charge in [-0.05, 0) is 56.1 Å². The highest BCUT2D eigenvalue weighted by molar-refractivity contribution is 5.66. The van der Waals surface area contributed by atoms with Crippen molar-refractivity contribution in [1.29, 1.82) is 0 Å². The fourth-order valence-electron chi connectivity index (χ4n) is 4.50. The molecule has 0 N–H and O–H groups in total. The van der Waals surface area contributed by atoms with E-state index in [9.17, 15) is 0 Å². The SMILES string of the molecule is CCCCC1(CC)[C]N(c2c(C(C)C)cccc2C(C)C)C(C)(C)C1. The van der Waals surface area contributed by atoms with Crippen molar-refractivity contribution in [2.75, 3.05) is 4.90 Å². The number of para-hydroxylation sites is 1. The van der Waals surface area contributed by atoms with Crippen molar-refractivity contribution in [1.82, 2.24) is 0 Å². The molecule has 0 bridgehead atoms. The lowest BCUT2D eigenvalue weighted by molar-refractivity contribution is 0.280. The summed E-state index contributed by atoms with van der Waals surface area (Å²) >= 11 is 0. The topological polar surface area (TPSA) is 3.24 Å². The molecule has 1 aliphatic rings. The van der Waals surface area contributed by atoms with E-state index < -0.39 is 0 Å². The average molecular weight is 342 g/mol. The molecular formula is C24H39N. The first-order chi connectivity index (χ1) is 11.7. The van der Waals surface area contributed by atoms with Crippen molar-refractivity contribution in [3.8, 4) is 0 Å². The highest BCUT2D eigenvalue weighted by atomic mass is 15.2. The Morgan fingerprint density at radius 2 is 1.60 bits per heavy atom. The van der Waals surface area contributed by atoms with Crippen LogP contribution < -0.4 is 4.90 Å². The zero-order chi connectivity index (χ0) is 18.8. The van der Waals surface area contributed by atoms with E-state index in [0.29, 0.717) is 11.8 Å². The summed E-state index contributed by atoms with van der Waals surface area (Å²) in [7, 11) is 0. The highest BCUT2D eigenvalue weighted by Crippen LogP contribution is 2.53. The molecule has 1 nitrogen and oxygen atoms in total. The van der Waals surface area contributed by atoms with Gasteiger partial charge in [-0.2, -0.15) is 0 Å². The molecule has 0 aromatic heterocycles. The molecule has 0 spiro atoms. The van der Waals surface area contributed by atoms with E-state index in [2.05, 4.69) is 85.0 Å². The number of anilines is 1. The Labute approximate surface area is 157 Å². The Morgan fingerprint density at radius 1 is 1.04 bits per heavy atom. The van der Waals surface area contributed by atoms with Crippen LogP contribution in [0.15, 0.2) is 18.2 Å². The summed E-state index contributed by atoms with van der Waals surface area (Å²) in [6, 6.07) is 6.88. The zero-order valence-electron chi connectivity index (χ0n) is 17.9. The molecule has 25 heavy (non-hydrogen) atoms. The summed E-state index contributed by atoms with van der Waals surface area (Å²) in [4.78, 5) is 2.54. The summed E-state index contributed by atoms with van der Waals surface area (Å²) in [5, 5.41) is 0. The highest BCUT2D eigenvalue weighted by Gasteiger charge is 2.49. The molecule has 1 fully saturated rings. The van der Waals surface area contributed by atoms with E-state index in [1.807, 2.05) is 0 Å². The van der Waals surface area contributed by atoms with Crippen LogP contribution in [-0.4, -0.2) is 5.54 Å². The predicted molar refractivity (Wildman–Crippen MR) is 111 cm³/mol. The van der Waals surface area contributed by atoms with E-state index in [1.165, 1.54) is 48.9 Å². The van der Waals surface area contributed by atoms with E-state index in [1.54, 1.807) is 0 Å². The van der Waals surface area contributed by atoms with E-state index in [-0.39, 0.29) is 11.0 Å². The molecule has 2 radical (unpaired) electrons.